The van der Waals surface area contributed by atoms with Gasteiger partial charge < -0.3 is 4.74 Å². The molecule has 0 N–H and O–H groups in total. The largest absolute Gasteiger partial charge is 0.487 e. The number of hydrogen-bond donors (Lipinski definition) is 0. The highest BCUT2D eigenvalue weighted by Gasteiger charge is 2.28. The van der Waals surface area contributed by atoms with Gasteiger partial charge in [-0.3, -0.25) is 0 Å². The fourth-order valence-electron chi connectivity index (χ4n) is 2.45. The van der Waals surface area contributed by atoms with E-state index in [-0.39, 0.29) is 16.9 Å². The van der Waals surface area contributed by atoms with Crippen LogP contribution in [0.5, 0.6) is 5.75 Å². The zero-order valence-corrected chi connectivity index (χ0v) is 17.2. The average molecular weight is 359 g/mol. The van der Waals surface area contributed by atoms with Crippen LogP contribution in [0.3, 0.4) is 0 Å². The summed E-state index contributed by atoms with van der Waals surface area (Å²) < 4.78 is 6.18. The van der Waals surface area contributed by atoms with E-state index in [1.807, 2.05) is 6.92 Å². The lowest BCUT2D eigenvalue weighted by molar-refractivity contribution is 0.205. The maximum Gasteiger partial charge on any atom is 0.144 e. The van der Waals surface area contributed by atoms with Crippen molar-refractivity contribution in [1.82, 2.24) is 0 Å². The summed E-state index contributed by atoms with van der Waals surface area (Å²) in [6, 6.07) is 6.59. The summed E-state index contributed by atoms with van der Waals surface area (Å²) in [5, 5.41) is 0. The zero-order chi connectivity index (χ0) is 17.8. The molecule has 23 heavy (non-hydrogen) atoms. The van der Waals surface area contributed by atoms with Gasteiger partial charge in [0.15, 0.2) is 0 Å². The third-order valence-corrected chi connectivity index (χ3v) is 5.78. The van der Waals surface area contributed by atoms with Gasteiger partial charge in [-0.15, -0.1) is 23.2 Å². The van der Waals surface area contributed by atoms with Gasteiger partial charge in [-0.2, -0.15) is 0 Å². The lowest BCUT2D eigenvalue weighted by atomic mass is 9.76. The van der Waals surface area contributed by atoms with E-state index in [1.54, 1.807) is 0 Å². The van der Waals surface area contributed by atoms with Crippen molar-refractivity contribution in [3.63, 3.8) is 0 Å². The second-order valence-corrected chi connectivity index (χ2v) is 8.75. The minimum Gasteiger partial charge on any atom is -0.487 e. The fourth-order valence-corrected chi connectivity index (χ4v) is 2.91. The molecule has 0 aromatic heterocycles. The molecule has 0 aliphatic rings. The SMILES string of the molecule is CCC(Oc1ccc(C(C)(C)CC)cc1C(C)(C)CC)C(Cl)Cl. The van der Waals surface area contributed by atoms with E-state index in [4.69, 9.17) is 27.9 Å². The third-order valence-electron chi connectivity index (χ3n) is 5.22. The van der Waals surface area contributed by atoms with Crippen LogP contribution >= 0.6 is 23.2 Å². The summed E-state index contributed by atoms with van der Waals surface area (Å²) in [6.45, 7) is 15.6. The molecule has 1 rings (SSSR count). The quantitative estimate of drug-likeness (QED) is 0.453. The van der Waals surface area contributed by atoms with Crippen LogP contribution in [-0.2, 0) is 10.8 Å². The molecule has 0 radical (unpaired) electrons. The number of benzene rings is 1. The molecule has 0 heterocycles. The first-order valence-electron chi connectivity index (χ1n) is 8.68. The van der Waals surface area contributed by atoms with Crippen molar-refractivity contribution in [2.45, 2.75) is 89.5 Å². The van der Waals surface area contributed by atoms with Crippen LogP contribution < -0.4 is 4.74 Å². The van der Waals surface area contributed by atoms with Gasteiger partial charge in [0, 0.05) is 5.56 Å². The number of ether oxygens (including phenoxy) is 1. The zero-order valence-electron chi connectivity index (χ0n) is 15.7. The van der Waals surface area contributed by atoms with Gasteiger partial charge in [0.2, 0.25) is 0 Å². The Morgan fingerprint density at radius 3 is 1.96 bits per heavy atom. The Kier molecular flexibility index (Phi) is 7.29. The van der Waals surface area contributed by atoms with Gasteiger partial charge in [0.25, 0.3) is 0 Å². The van der Waals surface area contributed by atoms with Crippen LogP contribution in [0.4, 0.5) is 0 Å². The Balaban J connectivity index is 3.35. The number of alkyl halides is 2. The smallest absolute Gasteiger partial charge is 0.144 e. The third kappa shape index (κ3) is 5.03. The van der Waals surface area contributed by atoms with Crippen molar-refractivity contribution in [3.05, 3.63) is 29.3 Å². The van der Waals surface area contributed by atoms with E-state index in [2.05, 4.69) is 59.7 Å². The Labute approximate surface area is 152 Å². The number of halogens is 2. The van der Waals surface area contributed by atoms with Gasteiger partial charge in [-0.05, 0) is 41.7 Å². The molecule has 3 heteroatoms. The van der Waals surface area contributed by atoms with Crippen molar-refractivity contribution in [1.29, 1.82) is 0 Å². The predicted octanol–water partition coefficient (Wildman–Crippen LogP) is 7.02. The topological polar surface area (TPSA) is 9.23 Å². The normalized spacial score (nSPS) is 14.2. The molecule has 1 aromatic carbocycles. The van der Waals surface area contributed by atoms with Crippen LogP contribution in [0.15, 0.2) is 18.2 Å². The summed E-state index contributed by atoms with van der Waals surface area (Å²) in [5.41, 5.74) is 2.79. The molecule has 0 saturated heterocycles. The van der Waals surface area contributed by atoms with Crippen LogP contribution in [0.25, 0.3) is 0 Å². The first-order valence-corrected chi connectivity index (χ1v) is 9.56. The molecular weight excluding hydrogens is 327 g/mol. The Bertz CT molecular complexity index is 506. The van der Waals surface area contributed by atoms with Crippen LogP contribution in [0, 0.1) is 0 Å². The predicted molar refractivity (Wildman–Crippen MR) is 103 cm³/mol. The summed E-state index contributed by atoms with van der Waals surface area (Å²) in [4.78, 5) is -0.524. The van der Waals surface area contributed by atoms with E-state index < -0.39 is 4.84 Å². The molecule has 132 valence electrons. The first-order chi connectivity index (χ1) is 10.6. The molecule has 0 amide bonds. The second-order valence-electron chi connectivity index (χ2n) is 7.58. The summed E-state index contributed by atoms with van der Waals surface area (Å²) >= 11 is 12.1. The summed E-state index contributed by atoms with van der Waals surface area (Å²) in [5.74, 6) is 0.908. The van der Waals surface area contributed by atoms with Gasteiger partial charge in [-0.1, -0.05) is 60.6 Å². The molecule has 0 aliphatic carbocycles. The standard InChI is InChI=1S/C20H32Cl2O/c1-8-16(18(21)22)23-17-12-11-14(19(4,5)9-2)13-15(17)20(6,7)10-3/h11-13,16,18H,8-10H2,1-7H3. The van der Waals surface area contributed by atoms with Crippen molar-refractivity contribution in [2.24, 2.45) is 0 Å². The van der Waals surface area contributed by atoms with E-state index in [0.29, 0.717) is 0 Å². The van der Waals surface area contributed by atoms with Crippen LogP contribution in [-0.4, -0.2) is 10.9 Å². The van der Waals surface area contributed by atoms with Crippen LogP contribution in [0.2, 0.25) is 0 Å². The fraction of sp³-hybridized carbons (Fsp3) is 0.700. The molecule has 1 atom stereocenters. The van der Waals surface area contributed by atoms with Gasteiger partial charge in [0.05, 0.1) is 0 Å². The van der Waals surface area contributed by atoms with Crippen molar-refractivity contribution >= 4 is 23.2 Å². The molecule has 1 unspecified atom stereocenters. The molecule has 0 bridgehead atoms. The number of rotatable bonds is 8. The molecule has 0 saturated carbocycles. The Morgan fingerprint density at radius 2 is 1.52 bits per heavy atom. The molecule has 1 nitrogen and oxygen atoms in total. The summed E-state index contributed by atoms with van der Waals surface area (Å²) in [6.07, 6.45) is 2.74. The van der Waals surface area contributed by atoms with E-state index in [9.17, 15) is 0 Å². The van der Waals surface area contributed by atoms with Gasteiger partial charge in [0.1, 0.15) is 16.7 Å². The lowest BCUT2D eigenvalue weighted by Crippen LogP contribution is -2.26. The highest BCUT2D eigenvalue weighted by atomic mass is 35.5. The van der Waals surface area contributed by atoms with Gasteiger partial charge in [-0.25, -0.2) is 0 Å². The Morgan fingerprint density at radius 1 is 0.957 bits per heavy atom. The first kappa shape index (κ1) is 20.6. The van der Waals surface area contributed by atoms with E-state index >= 15 is 0 Å². The molecule has 0 spiro atoms. The van der Waals surface area contributed by atoms with Crippen molar-refractivity contribution in [2.75, 3.05) is 0 Å². The van der Waals surface area contributed by atoms with E-state index in [0.717, 1.165) is 25.0 Å². The maximum absolute atomic E-state index is 6.18. The molecule has 1 aromatic rings. The minimum atomic E-state index is -0.524. The lowest BCUT2D eigenvalue weighted by Gasteiger charge is -2.31. The highest BCUT2D eigenvalue weighted by molar-refractivity contribution is 6.44. The maximum atomic E-state index is 6.18. The van der Waals surface area contributed by atoms with Crippen LogP contribution in [0.1, 0.15) is 78.9 Å². The Hall–Kier alpha value is -0.400. The minimum absolute atomic E-state index is 0.0432. The molecule has 0 fully saturated rings. The van der Waals surface area contributed by atoms with E-state index in [1.165, 1.54) is 11.1 Å². The monoisotopic (exact) mass is 358 g/mol. The van der Waals surface area contributed by atoms with Crippen molar-refractivity contribution < 1.29 is 4.74 Å². The molecule has 0 aliphatic heterocycles. The highest BCUT2D eigenvalue weighted by Crippen LogP contribution is 2.39. The van der Waals surface area contributed by atoms with Gasteiger partial charge >= 0.3 is 0 Å². The second kappa shape index (κ2) is 8.12. The molecular formula is C20H32Cl2O. The average Bonchev–Trinajstić information content (AvgIpc) is 2.51. The van der Waals surface area contributed by atoms with Crippen molar-refractivity contribution in [3.8, 4) is 5.75 Å². The number of hydrogen-bond acceptors (Lipinski definition) is 1. The summed E-state index contributed by atoms with van der Waals surface area (Å²) in [7, 11) is 0.